The summed E-state index contributed by atoms with van der Waals surface area (Å²) in [5, 5.41) is 0. The highest BCUT2D eigenvalue weighted by Crippen LogP contribution is 2.45. The molecule has 5 aromatic rings. The fraction of sp³-hybridized carbons (Fsp3) is 0.467. The van der Waals surface area contributed by atoms with Gasteiger partial charge in [0.2, 0.25) is 0 Å². The first-order valence-corrected chi connectivity index (χ1v) is 29.0. The highest BCUT2D eigenvalue weighted by molar-refractivity contribution is 7.99. The van der Waals surface area contributed by atoms with E-state index in [0.717, 1.165) is 32.7 Å². The molecule has 0 N–H and O–H groups in total. The van der Waals surface area contributed by atoms with Crippen molar-refractivity contribution in [2.45, 2.75) is 171 Å². The van der Waals surface area contributed by atoms with E-state index in [0.29, 0.717) is 16.6 Å². The third-order valence-corrected chi connectivity index (χ3v) is 21.1. The first-order valence-electron chi connectivity index (χ1n) is 26.0. The Balaban J connectivity index is 1.37. The molecule has 0 radical (unpaired) electrons. The van der Waals surface area contributed by atoms with E-state index in [1.807, 2.05) is 121 Å². The fourth-order valence-electron chi connectivity index (χ4n) is 10.4. The van der Waals surface area contributed by atoms with E-state index in [-0.39, 0.29) is 39.6 Å². The van der Waals surface area contributed by atoms with Gasteiger partial charge < -0.3 is 47.1 Å². The number of ether oxygens (including phenoxy) is 9. The molecule has 0 unspecified atom stereocenters. The molecule has 5 aromatic carbocycles. The van der Waals surface area contributed by atoms with Gasteiger partial charge in [0.05, 0.1) is 33.0 Å². The Hall–Kier alpha value is -4.71. The van der Waals surface area contributed by atoms with Crippen LogP contribution in [0, 0.1) is 6.92 Å². The Morgan fingerprint density at radius 3 is 1.35 bits per heavy atom. The van der Waals surface area contributed by atoms with Crippen LogP contribution in [-0.4, -0.2) is 94.0 Å². The summed E-state index contributed by atoms with van der Waals surface area (Å²) in [7, 11) is -2.48. The van der Waals surface area contributed by atoms with Gasteiger partial charge in [-0.05, 0) is 57.9 Å². The largest absolute Gasteiger partial charge is 0.463 e. The van der Waals surface area contributed by atoms with Crippen molar-refractivity contribution < 1.29 is 56.6 Å². The van der Waals surface area contributed by atoms with E-state index in [1.54, 1.807) is 0 Å². The molecule has 398 valence electrons. The van der Waals surface area contributed by atoms with Crippen molar-refractivity contribution in [2.24, 2.45) is 0 Å². The fourth-order valence-corrected chi connectivity index (χ4v) is 16.9. The minimum absolute atomic E-state index is 0.131. The Kier molecular flexibility index (Phi) is 21.5. The molecule has 74 heavy (non-hydrogen) atoms. The molecule has 0 aromatic heterocycles. The monoisotopic (exact) mass is 1050 g/mol. The maximum Gasteiger partial charge on any atom is 0.303 e. The van der Waals surface area contributed by atoms with Gasteiger partial charge in [0.1, 0.15) is 54.8 Å². The molecule has 10 atom stereocenters. The van der Waals surface area contributed by atoms with Crippen LogP contribution in [-0.2, 0) is 83.1 Å². The van der Waals surface area contributed by atoms with Crippen LogP contribution in [0.1, 0.15) is 83.2 Å². The zero-order chi connectivity index (χ0) is 52.6. The zero-order valence-electron chi connectivity index (χ0n) is 44.4. The summed E-state index contributed by atoms with van der Waals surface area (Å²) in [6.45, 7) is 19.1. The Bertz CT molecular complexity index is 2410. The number of benzene rings is 5. The predicted molar refractivity (Wildman–Crippen MR) is 288 cm³/mol. The van der Waals surface area contributed by atoms with Crippen molar-refractivity contribution in [1.82, 2.24) is 0 Å². The molecule has 7 rings (SSSR count). The lowest BCUT2D eigenvalue weighted by molar-refractivity contribution is -0.353. The van der Waals surface area contributed by atoms with E-state index in [1.165, 1.54) is 25.6 Å². The van der Waals surface area contributed by atoms with Crippen LogP contribution in [0.5, 0.6) is 0 Å². The number of rotatable bonds is 25. The molecule has 2 saturated heterocycles. The second kappa shape index (κ2) is 27.9. The molecule has 2 fully saturated rings. The molecule has 2 aliphatic rings. The van der Waals surface area contributed by atoms with Crippen LogP contribution in [0.15, 0.2) is 150 Å². The summed E-state index contributed by atoms with van der Waals surface area (Å²) in [4.78, 5) is 27.1. The Labute approximate surface area is 444 Å². The molecule has 0 amide bonds. The summed E-state index contributed by atoms with van der Waals surface area (Å²) in [5.41, 5.74) is 4.99. The third kappa shape index (κ3) is 15.5. The number of hydrogen-bond donors (Lipinski definition) is 0. The molecule has 0 saturated carbocycles. The van der Waals surface area contributed by atoms with Gasteiger partial charge in [-0.1, -0.05) is 192 Å². The average molecular weight is 1050 g/mol. The van der Waals surface area contributed by atoms with Crippen LogP contribution in [0.25, 0.3) is 0 Å². The van der Waals surface area contributed by atoms with Gasteiger partial charge in [-0.3, -0.25) is 9.59 Å². The topological polar surface area (TPSA) is 126 Å². The Morgan fingerprint density at radius 1 is 0.500 bits per heavy atom. The minimum atomic E-state index is -2.48. The molecule has 0 aliphatic carbocycles. The summed E-state index contributed by atoms with van der Waals surface area (Å²) in [5.74, 6) is -1.09. The second-order valence-corrected chi connectivity index (χ2v) is 26.8. The average Bonchev–Trinajstić information content (AvgIpc) is 3.38. The van der Waals surface area contributed by atoms with E-state index in [9.17, 15) is 9.59 Å². The summed E-state index contributed by atoms with van der Waals surface area (Å²) in [6.07, 6.45) is -8.75. The van der Waals surface area contributed by atoms with Gasteiger partial charge in [0.15, 0.2) is 20.7 Å². The highest BCUT2D eigenvalue weighted by atomic mass is 32.2. The molecule has 0 spiro atoms. The standard InChI is InChI=1S/C60H76O12SSi/c1-40(2)74(41(3)4,42(5)6)68-39-52-54(65-35-47-24-16-11-17-25-47)56(58(67-37-49-28-20-13-21-29-49)60(71-52)73-50-32-30-43(7)31-33-50)72-59-57(69-45(9)62)55(66-36-48-26-18-12-19-27-48)53(51(70-59)38-63-44(8)61)64-34-46-22-14-10-15-23-46/h10-33,40-42,51-60H,34-39H2,1-9H3/t51-,52-,53-,54-,55+,56+,57+,58+,59-,60-/m1/s1. The van der Waals surface area contributed by atoms with Crippen LogP contribution in [0.4, 0.5) is 0 Å². The van der Waals surface area contributed by atoms with Crippen molar-refractivity contribution >= 4 is 32.0 Å². The molecule has 14 heteroatoms. The van der Waals surface area contributed by atoms with Crippen molar-refractivity contribution in [2.75, 3.05) is 13.2 Å². The number of aryl methyl sites for hydroxylation is 1. The first kappa shape index (κ1) is 57.0. The lowest BCUT2D eigenvalue weighted by Gasteiger charge is -2.51. The molecule has 2 aliphatic heterocycles. The molecule has 12 nitrogen and oxygen atoms in total. The smallest absolute Gasteiger partial charge is 0.303 e. The highest BCUT2D eigenvalue weighted by Gasteiger charge is 2.56. The maximum absolute atomic E-state index is 13.5. The minimum Gasteiger partial charge on any atom is -0.463 e. The maximum atomic E-state index is 13.5. The van der Waals surface area contributed by atoms with E-state index in [2.05, 4.69) is 72.7 Å². The number of hydrogen-bond acceptors (Lipinski definition) is 13. The van der Waals surface area contributed by atoms with Gasteiger partial charge in [-0.2, -0.15) is 0 Å². The lowest BCUT2D eigenvalue weighted by Crippen LogP contribution is -2.66. The molecular formula is C60H76O12SSi. The van der Waals surface area contributed by atoms with Gasteiger partial charge >= 0.3 is 11.9 Å². The SMILES string of the molecule is CC(=O)OC[C@H]1O[C@H](O[C@@H]2[C@H](OCc3ccccc3)[C@@H](Sc3ccc(C)cc3)O[C@H](CO[Si](C(C)C)(C(C)C)C(C)C)[C@H]2OCc2ccccc2)[C@@H](OC(C)=O)[C@@H](OCc2ccccc2)[C@@H]1OCc1ccccc1. The predicted octanol–water partition coefficient (Wildman–Crippen LogP) is 12.0. The van der Waals surface area contributed by atoms with Crippen molar-refractivity contribution in [3.05, 3.63) is 173 Å². The van der Waals surface area contributed by atoms with Crippen LogP contribution >= 0.6 is 11.8 Å². The second-order valence-electron chi connectivity index (χ2n) is 20.2. The van der Waals surface area contributed by atoms with E-state index in [4.69, 9.17) is 47.1 Å². The van der Waals surface area contributed by atoms with Crippen LogP contribution in [0.3, 0.4) is 0 Å². The summed E-state index contributed by atoms with van der Waals surface area (Å²) >= 11 is 1.53. The zero-order valence-corrected chi connectivity index (χ0v) is 46.2. The quantitative estimate of drug-likeness (QED) is 0.0407. The number of esters is 2. The molecule has 0 bridgehead atoms. The van der Waals surface area contributed by atoms with Crippen molar-refractivity contribution in [1.29, 1.82) is 0 Å². The summed E-state index contributed by atoms with van der Waals surface area (Å²) in [6, 6.07) is 47.7. The Morgan fingerprint density at radius 2 is 0.919 bits per heavy atom. The lowest BCUT2D eigenvalue weighted by atomic mass is 9.96. The van der Waals surface area contributed by atoms with Crippen LogP contribution < -0.4 is 0 Å². The van der Waals surface area contributed by atoms with Crippen LogP contribution in [0.2, 0.25) is 16.6 Å². The normalized spacial score (nSPS) is 24.3. The van der Waals surface area contributed by atoms with Gasteiger partial charge in [0.25, 0.3) is 0 Å². The summed E-state index contributed by atoms with van der Waals surface area (Å²) < 4.78 is 69.2. The van der Waals surface area contributed by atoms with E-state index >= 15 is 0 Å². The van der Waals surface area contributed by atoms with Gasteiger partial charge in [-0.15, -0.1) is 0 Å². The first-order chi connectivity index (χ1) is 35.7. The van der Waals surface area contributed by atoms with Crippen molar-refractivity contribution in [3.8, 4) is 0 Å². The van der Waals surface area contributed by atoms with Crippen molar-refractivity contribution in [3.63, 3.8) is 0 Å². The van der Waals surface area contributed by atoms with Gasteiger partial charge in [0, 0.05) is 18.7 Å². The molecule has 2 heterocycles. The number of carbonyl (C=O) groups is 2. The number of carbonyl (C=O) groups excluding carboxylic acids is 2. The van der Waals surface area contributed by atoms with Gasteiger partial charge in [-0.25, -0.2) is 0 Å². The van der Waals surface area contributed by atoms with E-state index < -0.39 is 80.8 Å². The molecular weight excluding hydrogens is 973 g/mol. The number of thioether (sulfide) groups is 1. The third-order valence-electron chi connectivity index (χ3n) is 13.8.